The SMILES string of the molecule is COc1ccc(F)cc1C1(C)CC(CNc2nc(CF)nc3c2cnn3-c2ccc(F)cc2F)(C(F)(F)F)O1. The molecule has 1 aliphatic heterocycles. The minimum absolute atomic E-state index is 0.0575. The van der Waals surface area contributed by atoms with Gasteiger partial charge in [-0.1, -0.05) is 0 Å². The summed E-state index contributed by atoms with van der Waals surface area (Å²) in [7, 11) is 1.30. The largest absolute Gasteiger partial charge is 0.496 e. The first-order valence-corrected chi connectivity index (χ1v) is 11.5. The maximum absolute atomic E-state index is 14.4. The Balaban J connectivity index is 1.48. The number of rotatable bonds is 7. The van der Waals surface area contributed by atoms with Crippen molar-refractivity contribution in [3.8, 4) is 11.4 Å². The Kier molecular flexibility index (Phi) is 6.40. The molecule has 2 unspecified atom stereocenters. The molecule has 1 N–H and O–H groups in total. The molecule has 0 amide bonds. The van der Waals surface area contributed by atoms with Gasteiger partial charge in [0.1, 0.15) is 35.6 Å². The van der Waals surface area contributed by atoms with Gasteiger partial charge in [-0.05, 0) is 37.3 Å². The number of alkyl halides is 4. The topological polar surface area (TPSA) is 74.1 Å². The van der Waals surface area contributed by atoms with E-state index in [4.69, 9.17) is 9.47 Å². The molecule has 0 saturated carbocycles. The van der Waals surface area contributed by atoms with Gasteiger partial charge in [-0.3, -0.25) is 0 Å². The maximum Gasteiger partial charge on any atom is 0.419 e. The number of halogens is 7. The summed E-state index contributed by atoms with van der Waals surface area (Å²) in [6.45, 7) is -0.642. The standard InChI is InChI=1S/C25H20F7N5O2/c1-23(16-7-13(27)4-6-19(16)38-2)11-24(39-23,25(30,31)32)12-33-21-15-10-34-37(22(15)36-20(9-26)35-21)18-5-3-14(28)8-17(18)29/h3-8,10H,9,11-12H2,1-2H3,(H,33,35,36). The Morgan fingerprint density at radius 1 is 1.08 bits per heavy atom. The van der Waals surface area contributed by atoms with Gasteiger partial charge in [0.15, 0.2) is 22.9 Å². The summed E-state index contributed by atoms with van der Waals surface area (Å²) in [5.41, 5.74) is -4.46. The highest BCUT2D eigenvalue weighted by atomic mass is 19.4. The van der Waals surface area contributed by atoms with E-state index in [-0.39, 0.29) is 33.9 Å². The van der Waals surface area contributed by atoms with Crippen LogP contribution in [0.3, 0.4) is 0 Å². The van der Waals surface area contributed by atoms with E-state index in [1.165, 1.54) is 20.1 Å². The Bertz CT molecular complexity index is 1550. The molecule has 1 aliphatic rings. The number of aromatic nitrogens is 4. The lowest BCUT2D eigenvalue weighted by Gasteiger charge is -2.55. The predicted octanol–water partition coefficient (Wildman–Crippen LogP) is 5.76. The van der Waals surface area contributed by atoms with Crippen LogP contribution >= 0.6 is 0 Å². The number of nitrogens with one attached hydrogen (secondary N) is 1. The fourth-order valence-electron chi connectivity index (χ4n) is 4.77. The van der Waals surface area contributed by atoms with Crippen molar-refractivity contribution in [3.05, 3.63) is 71.4 Å². The van der Waals surface area contributed by atoms with Crippen LogP contribution in [0.1, 0.15) is 24.7 Å². The van der Waals surface area contributed by atoms with Crippen LogP contribution in [0, 0.1) is 17.5 Å². The Morgan fingerprint density at radius 2 is 1.77 bits per heavy atom. The summed E-state index contributed by atoms with van der Waals surface area (Å²) in [5.74, 6) is -2.94. The summed E-state index contributed by atoms with van der Waals surface area (Å²) in [6.07, 6.45) is -4.30. The fraction of sp³-hybridized carbons (Fsp3) is 0.320. The molecule has 0 aliphatic carbocycles. The number of methoxy groups -OCH3 is 1. The van der Waals surface area contributed by atoms with Gasteiger partial charge >= 0.3 is 6.18 Å². The first-order valence-electron chi connectivity index (χ1n) is 11.5. The van der Waals surface area contributed by atoms with Crippen molar-refractivity contribution in [3.63, 3.8) is 0 Å². The van der Waals surface area contributed by atoms with E-state index in [9.17, 15) is 30.7 Å². The first kappa shape index (κ1) is 26.7. The second-order valence-corrected chi connectivity index (χ2v) is 9.21. The number of hydrogen-bond donors (Lipinski definition) is 1. The first-order chi connectivity index (χ1) is 18.4. The molecule has 2 aromatic heterocycles. The van der Waals surface area contributed by atoms with Gasteiger partial charge < -0.3 is 14.8 Å². The maximum atomic E-state index is 14.4. The molecule has 39 heavy (non-hydrogen) atoms. The molecular formula is C25H20F7N5O2. The van der Waals surface area contributed by atoms with Crippen LogP contribution in [-0.2, 0) is 17.0 Å². The number of benzene rings is 2. The van der Waals surface area contributed by atoms with E-state index in [0.29, 0.717) is 6.07 Å². The minimum Gasteiger partial charge on any atom is -0.496 e. The predicted molar refractivity (Wildman–Crippen MR) is 125 cm³/mol. The van der Waals surface area contributed by atoms with Crippen LogP contribution in [0.15, 0.2) is 42.6 Å². The van der Waals surface area contributed by atoms with E-state index >= 15 is 0 Å². The van der Waals surface area contributed by atoms with Gasteiger partial charge in [0.25, 0.3) is 0 Å². The highest BCUT2D eigenvalue weighted by Crippen LogP contribution is 2.57. The van der Waals surface area contributed by atoms with Crippen molar-refractivity contribution in [2.45, 2.75) is 37.4 Å². The molecule has 0 radical (unpaired) electrons. The van der Waals surface area contributed by atoms with Crippen molar-refractivity contribution in [1.82, 2.24) is 19.7 Å². The van der Waals surface area contributed by atoms with Crippen LogP contribution in [-0.4, -0.2) is 45.2 Å². The van der Waals surface area contributed by atoms with Crippen LogP contribution < -0.4 is 10.1 Å². The van der Waals surface area contributed by atoms with Gasteiger partial charge in [-0.2, -0.15) is 18.3 Å². The summed E-state index contributed by atoms with van der Waals surface area (Å²) in [6, 6.07) is 6.15. The molecule has 7 nitrogen and oxygen atoms in total. The lowest BCUT2D eigenvalue weighted by Crippen LogP contribution is -2.67. The number of fused-ring (bicyclic) bond motifs is 1. The van der Waals surface area contributed by atoms with Crippen molar-refractivity contribution in [2.75, 3.05) is 19.0 Å². The summed E-state index contributed by atoms with van der Waals surface area (Å²) >= 11 is 0. The number of nitrogens with zero attached hydrogens (tertiary/aromatic N) is 4. The molecule has 0 spiro atoms. The Hall–Kier alpha value is -3.94. The quantitative estimate of drug-likeness (QED) is 0.293. The van der Waals surface area contributed by atoms with Gasteiger partial charge in [0.2, 0.25) is 0 Å². The van der Waals surface area contributed by atoms with Crippen LogP contribution in [0.25, 0.3) is 16.7 Å². The zero-order valence-electron chi connectivity index (χ0n) is 20.4. The van der Waals surface area contributed by atoms with Gasteiger partial charge in [-0.15, -0.1) is 0 Å². The molecular weight excluding hydrogens is 535 g/mol. The fourth-order valence-corrected chi connectivity index (χ4v) is 4.77. The average Bonchev–Trinajstić information content (AvgIpc) is 3.28. The van der Waals surface area contributed by atoms with Gasteiger partial charge in [-0.25, -0.2) is 32.2 Å². The third-order valence-electron chi connectivity index (χ3n) is 6.57. The lowest BCUT2D eigenvalue weighted by molar-refractivity contribution is -0.380. The van der Waals surface area contributed by atoms with Crippen molar-refractivity contribution >= 4 is 16.9 Å². The average molecular weight is 555 g/mol. The van der Waals surface area contributed by atoms with E-state index in [0.717, 1.165) is 35.1 Å². The third kappa shape index (κ3) is 4.51. The molecule has 1 saturated heterocycles. The zero-order chi connectivity index (χ0) is 28.2. The molecule has 3 heterocycles. The van der Waals surface area contributed by atoms with Crippen LogP contribution in [0.2, 0.25) is 0 Å². The number of ether oxygens (including phenoxy) is 2. The van der Waals surface area contributed by atoms with Gasteiger partial charge in [0.05, 0.1) is 30.8 Å². The molecule has 2 atom stereocenters. The smallest absolute Gasteiger partial charge is 0.419 e. The number of anilines is 1. The third-order valence-corrected chi connectivity index (χ3v) is 6.57. The van der Waals surface area contributed by atoms with Crippen molar-refractivity contribution < 1.29 is 40.2 Å². The second-order valence-electron chi connectivity index (χ2n) is 9.21. The van der Waals surface area contributed by atoms with Crippen LogP contribution in [0.5, 0.6) is 5.75 Å². The molecule has 206 valence electrons. The second kappa shape index (κ2) is 9.36. The molecule has 1 fully saturated rings. The zero-order valence-corrected chi connectivity index (χ0v) is 20.4. The molecule has 2 aromatic carbocycles. The lowest BCUT2D eigenvalue weighted by atomic mass is 9.75. The van der Waals surface area contributed by atoms with Gasteiger partial charge in [0, 0.05) is 18.1 Å². The highest BCUT2D eigenvalue weighted by Gasteiger charge is 2.68. The van der Waals surface area contributed by atoms with Crippen molar-refractivity contribution in [1.29, 1.82) is 0 Å². The van der Waals surface area contributed by atoms with Crippen molar-refractivity contribution in [2.24, 2.45) is 0 Å². The molecule has 0 bridgehead atoms. The van der Waals surface area contributed by atoms with E-state index in [1.54, 1.807) is 0 Å². The normalized spacial score (nSPS) is 21.2. The summed E-state index contributed by atoms with van der Waals surface area (Å²) in [5, 5.41) is 6.61. The Morgan fingerprint density at radius 3 is 2.41 bits per heavy atom. The van der Waals surface area contributed by atoms with E-state index in [2.05, 4.69) is 20.4 Å². The highest BCUT2D eigenvalue weighted by molar-refractivity contribution is 5.87. The summed E-state index contributed by atoms with van der Waals surface area (Å²) < 4.78 is 110. The molecule has 5 rings (SSSR count). The number of hydrogen-bond acceptors (Lipinski definition) is 6. The Labute approximate surface area is 216 Å². The summed E-state index contributed by atoms with van der Waals surface area (Å²) in [4.78, 5) is 7.93. The molecule has 14 heteroatoms. The van der Waals surface area contributed by atoms with E-state index < -0.39 is 60.3 Å². The van der Waals surface area contributed by atoms with Crippen LogP contribution in [0.4, 0.5) is 36.6 Å². The van der Waals surface area contributed by atoms with E-state index in [1.807, 2.05) is 0 Å². The monoisotopic (exact) mass is 555 g/mol. The minimum atomic E-state index is -4.86. The molecule has 4 aromatic rings.